The number of aromatic carboxylic acids is 1. The number of hydrogen-bond acceptors (Lipinski definition) is 5. The highest BCUT2D eigenvalue weighted by Crippen LogP contribution is 2.24. The fraction of sp³-hybridized carbons (Fsp3) is 0.643. The van der Waals surface area contributed by atoms with Crippen LogP contribution >= 0.6 is 0 Å². The van der Waals surface area contributed by atoms with E-state index in [1.165, 1.54) is 6.20 Å². The Morgan fingerprint density at radius 2 is 2.15 bits per heavy atom. The van der Waals surface area contributed by atoms with E-state index in [0.717, 1.165) is 6.42 Å². The third-order valence-corrected chi connectivity index (χ3v) is 3.41. The van der Waals surface area contributed by atoms with E-state index in [2.05, 4.69) is 15.3 Å². The van der Waals surface area contributed by atoms with Gasteiger partial charge >= 0.3 is 5.97 Å². The Hall–Kier alpha value is -1.69. The molecule has 1 aromatic rings. The molecular weight excluding hydrogens is 258 g/mol. The van der Waals surface area contributed by atoms with Crippen molar-refractivity contribution in [2.75, 3.05) is 11.9 Å². The van der Waals surface area contributed by atoms with Crippen LogP contribution in [-0.4, -0.2) is 38.3 Å². The molecular formula is C14H23N3O3. The molecule has 0 aliphatic heterocycles. The summed E-state index contributed by atoms with van der Waals surface area (Å²) in [7, 11) is 0. The molecule has 0 saturated heterocycles. The molecule has 0 aliphatic carbocycles. The van der Waals surface area contributed by atoms with Gasteiger partial charge in [0.15, 0.2) is 5.69 Å². The van der Waals surface area contributed by atoms with E-state index in [1.807, 2.05) is 27.7 Å². The topological polar surface area (TPSA) is 95.3 Å². The number of aliphatic hydroxyl groups is 1. The highest BCUT2D eigenvalue weighted by molar-refractivity contribution is 5.91. The molecule has 0 bridgehead atoms. The minimum absolute atomic E-state index is 0.0266. The smallest absolute Gasteiger partial charge is 0.356 e. The first-order chi connectivity index (χ1) is 9.33. The summed E-state index contributed by atoms with van der Waals surface area (Å²) in [5, 5.41) is 21.6. The second-order valence-corrected chi connectivity index (χ2v) is 5.46. The molecule has 20 heavy (non-hydrogen) atoms. The molecule has 0 radical (unpaired) electrons. The van der Waals surface area contributed by atoms with Gasteiger partial charge in [-0.3, -0.25) is 0 Å². The molecule has 1 aromatic heterocycles. The van der Waals surface area contributed by atoms with E-state index in [9.17, 15) is 9.90 Å². The number of aromatic nitrogens is 2. The van der Waals surface area contributed by atoms with Crippen molar-refractivity contribution in [3.63, 3.8) is 0 Å². The van der Waals surface area contributed by atoms with Crippen LogP contribution in [0.4, 0.5) is 5.69 Å². The zero-order chi connectivity index (χ0) is 15.3. The Labute approximate surface area is 119 Å². The lowest BCUT2D eigenvalue weighted by Gasteiger charge is -2.30. The van der Waals surface area contributed by atoms with Gasteiger partial charge in [0, 0.05) is 18.1 Å². The first-order valence-corrected chi connectivity index (χ1v) is 6.82. The highest BCUT2D eigenvalue weighted by Gasteiger charge is 2.25. The van der Waals surface area contributed by atoms with Gasteiger partial charge in [-0.25, -0.2) is 14.8 Å². The van der Waals surface area contributed by atoms with Crippen LogP contribution in [0.15, 0.2) is 6.20 Å². The zero-order valence-electron chi connectivity index (χ0n) is 12.5. The number of hydrogen-bond donors (Lipinski definition) is 3. The van der Waals surface area contributed by atoms with Gasteiger partial charge in [0.2, 0.25) is 0 Å². The summed E-state index contributed by atoms with van der Waals surface area (Å²) in [5.41, 5.74) is -0.0252. The Bertz CT molecular complexity index is 477. The number of anilines is 1. The summed E-state index contributed by atoms with van der Waals surface area (Å²) in [6.07, 6.45) is 2.78. The van der Waals surface area contributed by atoms with Gasteiger partial charge in [-0.05, 0) is 19.8 Å². The summed E-state index contributed by atoms with van der Waals surface area (Å²) in [5.74, 6) is -0.510. The minimum Gasteiger partial charge on any atom is -0.476 e. The van der Waals surface area contributed by atoms with Crippen LogP contribution in [0.3, 0.4) is 0 Å². The molecule has 0 amide bonds. The molecule has 0 fully saturated rings. The molecule has 0 spiro atoms. The fourth-order valence-corrected chi connectivity index (χ4v) is 1.83. The molecule has 1 heterocycles. The van der Waals surface area contributed by atoms with Crippen LogP contribution in [0, 0.1) is 0 Å². The largest absolute Gasteiger partial charge is 0.476 e. The number of nitrogens with one attached hydrogen (secondary N) is 1. The molecule has 0 saturated carbocycles. The molecule has 0 aliphatic rings. The van der Waals surface area contributed by atoms with E-state index in [0.29, 0.717) is 17.9 Å². The summed E-state index contributed by atoms with van der Waals surface area (Å²) in [4.78, 5) is 19.7. The Kier molecular flexibility index (Phi) is 5.44. The summed E-state index contributed by atoms with van der Waals surface area (Å²) < 4.78 is 0. The zero-order valence-corrected chi connectivity index (χ0v) is 12.5. The van der Waals surface area contributed by atoms with Crippen molar-refractivity contribution in [3.05, 3.63) is 17.7 Å². The maximum absolute atomic E-state index is 11.3. The van der Waals surface area contributed by atoms with Crippen LogP contribution in [0.1, 0.15) is 62.8 Å². The van der Waals surface area contributed by atoms with Gasteiger partial charge in [-0.2, -0.15) is 0 Å². The van der Waals surface area contributed by atoms with E-state index < -0.39 is 5.97 Å². The van der Waals surface area contributed by atoms with Crippen LogP contribution in [-0.2, 0) is 0 Å². The number of aliphatic hydroxyl groups excluding tert-OH is 1. The van der Waals surface area contributed by atoms with E-state index in [-0.39, 0.29) is 23.8 Å². The van der Waals surface area contributed by atoms with Crippen molar-refractivity contribution in [3.8, 4) is 0 Å². The average molecular weight is 281 g/mol. The van der Waals surface area contributed by atoms with Crippen molar-refractivity contribution in [2.24, 2.45) is 0 Å². The van der Waals surface area contributed by atoms with Gasteiger partial charge in [0.05, 0.1) is 11.9 Å². The molecule has 1 rings (SSSR count). The van der Waals surface area contributed by atoms with Crippen LogP contribution in [0.2, 0.25) is 0 Å². The predicted molar refractivity (Wildman–Crippen MR) is 77.1 cm³/mol. The van der Waals surface area contributed by atoms with Crippen molar-refractivity contribution in [2.45, 2.75) is 52.0 Å². The maximum Gasteiger partial charge on any atom is 0.356 e. The quantitative estimate of drug-likeness (QED) is 0.709. The van der Waals surface area contributed by atoms with E-state index >= 15 is 0 Å². The summed E-state index contributed by atoms with van der Waals surface area (Å²) in [6.45, 7) is 7.77. The molecule has 1 unspecified atom stereocenters. The normalized spacial score (nSPS) is 14.1. The number of carboxylic acid groups (broad SMARTS) is 1. The van der Waals surface area contributed by atoms with E-state index in [4.69, 9.17) is 5.11 Å². The van der Waals surface area contributed by atoms with Crippen molar-refractivity contribution in [1.82, 2.24) is 9.97 Å². The third kappa shape index (κ3) is 3.90. The molecule has 6 nitrogen and oxygen atoms in total. The lowest BCUT2D eigenvalue weighted by molar-refractivity contribution is 0.0691. The standard InChI is InChI=1S/C14H23N3O3/c1-5-14(4,6-7-18)17-10-8-15-12(9(2)3)16-11(10)13(19)20/h8-9,17-18H,5-7H2,1-4H3,(H,19,20). The Morgan fingerprint density at radius 3 is 2.60 bits per heavy atom. The highest BCUT2D eigenvalue weighted by atomic mass is 16.4. The molecule has 3 N–H and O–H groups in total. The second-order valence-electron chi connectivity index (χ2n) is 5.46. The van der Waals surface area contributed by atoms with Crippen molar-refractivity contribution >= 4 is 11.7 Å². The first-order valence-electron chi connectivity index (χ1n) is 6.82. The molecule has 0 aromatic carbocycles. The molecule has 1 atom stereocenters. The van der Waals surface area contributed by atoms with Crippen LogP contribution < -0.4 is 5.32 Å². The number of nitrogens with zero attached hydrogens (tertiary/aromatic N) is 2. The SMILES string of the molecule is CCC(C)(CCO)Nc1cnc(C(C)C)nc1C(=O)O. The van der Waals surface area contributed by atoms with Crippen molar-refractivity contribution in [1.29, 1.82) is 0 Å². The van der Waals surface area contributed by atoms with Gasteiger partial charge in [0.25, 0.3) is 0 Å². The maximum atomic E-state index is 11.3. The number of rotatable bonds is 7. The number of carboxylic acids is 1. The van der Waals surface area contributed by atoms with Gasteiger partial charge in [-0.1, -0.05) is 20.8 Å². The van der Waals surface area contributed by atoms with Crippen LogP contribution in [0.5, 0.6) is 0 Å². The minimum atomic E-state index is -1.08. The van der Waals surface area contributed by atoms with Gasteiger partial charge in [0.1, 0.15) is 5.82 Å². The Balaban J connectivity index is 3.14. The third-order valence-electron chi connectivity index (χ3n) is 3.41. The van der Waals surface area contributed by atoms with E-state index in [1.54, 1.807) is 0 Å². The van der Waals surface area contributed by atoms with Gasteiger partial charge < -0.3 is 15.5 Å². The summed E-state index contributed by atoms with van der Waals surface area (Å²) >= 11 is 0. The van der Waals surface area contributed by atoms with Crippen molar-refractivity contribution < 1.29 is 15.0 Å². The molecule has 112 valence electrons. The monoisotopic (exact) mass is 281 g/mol. The second kappa shape index (κ2) is 6.65. The number of carbonyl (C=O) groups is 1. The lowest BCUT2D eigenvalue weighted by atomic mass is 9.94. The van der Waals surface area contributed by atoms with Gasteiger partial charge in [-0.15, -0.1) is 0 Å². The fourth-order valence-electron chi connectivity index (χ4n) is 1.83. The first kappa shape index (κ1) is 16.4. The summed E-state index contributed by atoms with van der Waals surface area (Å²) in [6, 6.07) is 0. The van der Waals surface area contributed by atoms with Crippen LogP contribution in [0.25, 0.3) is 0 Å². The molecule has 6 heteroatoms. The lowest BCUT2D eigenvalue weighted by Crippen LogP contribution is -2.36. The average Bonchev–Trinajstić information content (AvgIpc) is 2.38. The Morgan fingerprint density at radius 1 is 1.50 bits per heavy atom. The predicted octanol–water partition coefficient (Wildman–Crippen LogP) is 2.26.